The second kappa shape index (κ2) is 13.9. The Morgan fingerprint density at radius 1 is 1.04 bits per heavy atom. The van der Waals surface area contributed by atoms with Crippen LogP contribution in [0.15, 0.2) is 54.6 Å². The van der Waals surface area contributed by atoms with E-state index in [1.54, 1.807) is 42.5 Å². The van der Waals surface area contributed by atoms with Crippen LogP contribution >= 0.6 is 11.8 Å². The average Bonchev–Trinajstić information content (AvgIpc) is 3.02. The number of hydrogen-bond acceptors (Lipinski definition) is 9. The summed E-state index contributed by atoms with van der Waals surface area (Å²) in [6, 6.07) is 12.6. The molecule has 4 fully saturated rings. The van der Waals surface area contributed by atoms with Crippen molar-refractivity contribution in [2.75, 3.05) is 23.5 Å². The Balaban J connectivity index is 1.53. The number of aliphatic hydroxyl groups excluding tert-OH is 1. The minimum Gasteiger partial charge on any atom is -0.508 e. The first kappa shape index (κ1) is 34.1. The molecule has 6 rings (SSSR count). The second-order valence-electron chi connectivity index (χ2n) is 13.7. The van der Waals surface area contributed by atoms with E-state index in [-0.39, 0.29) is 24.5 Å². The van der Waals surface area contributed by atoms with E-state index in [0.29, 0.717) is 36.1 Å². The first-order valence-corrected chi connectivity index (χ1v) is 17.5. The smallest absolute Gasteiger partial charge is 0.253 e. The van der Waals surface area contributed by atoms with Gasteiger partial charge in [0.1, 0.15) is 12.4 Å². The molecule has 7 N–H and O–H groups in total. The van der Waals surface area contributed by atoms with Gasteiger partial charge in [0.2, 0.25) is 5.91 Å². The van der Waals surface area contributed by atoms with E-state index in [0.717, 1.165) is 29.7 Å². The highest BCUT2D eigenvalue weighted by atomic mass is 32.2. The maximum atomic E-state index is 15.2. The molecule has 2 aromatic carbocycles. The zero-order valence-corrected chi connectivity index (χ0v) is 27.4. The SMILES string of the molecule is CSCC[C@@H](NC(=O)[C@@H](N)Cc1ccc(O)cc1)C(=O)[C@](C)(C(=O)C1C2CC3CC(C2)CC1(N)C3)N(C(=O)CO)c1ccccc1. The first-order valence-electron chi connectivity index (χ1n) is 16.1. The van der Waals surface area contributed by atoms with Crippen LogP contribution in [0.3, 0.4) is 0 Å². The number of Topliss-reactive ketones (excluding diaryl/α,β-unsaturated/α-hetero) is 2. The van der Waals surface area contributed by atoms with Crippen molar-refractivity contribution in [3.8, 4) is 5.75 Å². The number of hydrogen-bond donors (Lipinski definition) is 5. The van der Waals surface area contributed by atoms with Crippen LogP contribution in [0.2, 0.25) is 0 Å². The molecule has 248 valence electrons. The summed E-state index contributed by atoms with van der Waals surface area (Å²) in [4.78, 5) is 58.4. The number of nitrogens with two attached hydrogens (primary N) is 2. The highest BCUT2D eigenvalue weighted by Gasteiger charge is 2.63. The molecule has 11 heteroatoms. The Labute approximate surface area is 274 Å². The quantitative estimate of drug-likeness (QED) is 0.192. The lowest BCUT2D eigenvalue weighted by molar-refractivity contribution is -0.150. The van der Waals surface area contributed by atoms with Crippen molar-refractivity contribution in [2.45, 2.75) is 75.0 Å². The van der Waals surface area contributed by atoms with Crippen LogP contribution < -0.4 is 21.7 Å². The van der Waals surface area contributed by atoms with Crippen LogP contribution in [0.5, 0.6) is 5.75 Å². The molecule has 0 spiro atoms. The third-order valence-electron chi connectivity index (χ3n) is 10.4. The number of nitrogens with one attached hydrogen (secondary N) is 1. The fourth-order valence-corrected chi connectivity index (χ4v) is 9.10. The minimum atomic E-state index is -2.08. The molecule has 0 aliphatic heterocycles. The molecule has 0 saturated heterocycles. The molecule has 2 aromatic rings. The lowest BCUT2D eigenvalue weighted by Gasteiger charge is -2.60. The van der Waals surface area contributed by atoms with Gasteiger partial charge in [-0.05, 0) is 111 Å². The molecule has 3 unspecified atom stereocenters. The van der Waals surface area contributed by atoms with Gasteiger partial charge in [0.15, 0.2) is 17.1 Å². The summed E-state index contributed by atoms with van der Waals surface area (Å²) in [6.07, 6.45) is 6.44. The summed E-state index contributed by atoms with van der Waals surface area (Å²) >= 11 is 1.48. The molecular formula is C35H46N4O6S. The van der Waals surface area contributed by atoms with Gasteiger partial charge >= 0.3 is 0 Å². The number of thioether (sulfide) groups is 1. The molecular weight excluding hydrogens is 604 g/mol. The Kier molecular flexibility index (Phi) is 10.3. The van der Waals surface area contributed by atoms with Crippen LogP contribution in [0.4, 0.5) is 5.69 Å². The molecule has 10 nitrogen and oxygen atoms in total. The molecule has 0 radical (unpaired) electrons. The molecule has 46 heavy (non-hydrogen) atoms. The highest BCUT2D eigenvalue weighted by molar-refractivity contribution is 7.98. The summed E-state index contributed by atoms with van der Waals surface area (Å²) in [7, 11) is 0. The van der Waals surface area contributed by atoms with Crippen molar-refractivity contribution >= 4 is 40.8 Å². The third-order valence-corrected chi connectivity index (χ3v) is 11.1. The first-order chi connectivity index (χ1) is 21.9. The van der Waals surface area contributed by atoms with Gasteiger partial charge in [-0.2, -0.15) is 11.8 Å². The van der Waals surface area contributed by atoms with Crippen molar-refractivity contribution in [3.05, 3.63) is 60.2 Å². The number of benzene rings is 2. The van der Waals surface area contributed by atoms with Gasteiger partial charge in [0.25, 0.3) is 5.91 Å². The lowest BCUT2D eigenvalue weighted by atomic mass is 9.46. The molecule has 4 aliphatic carbocycles. The van der Waals surface area contributed by atoms with E-state index in [1.165, 1.54) is 30.8 Å². The van der Waals surface area contributed by atoms with Gasteiger partial charge in [-0.25, -0.2) is 0 Å². The molecule has 4 bridgehead atoms. The fourth-order valence-electron chi connectivity index (χ4n) is 8.62. The van der Waals surface area contributed by atoms with Crippen LogP contribution in [0, 0.1) is 23.7 Å². The zero-order valence-electron chi connectivity index (χ0n) is 26.6. The van der Waals surface area contributed by atoms with E-state index in [1.807, 2.05) is 6.26 Å². The van der Waals surface area contributed by atoms with Crippen molar-refractivity contribution in [1.29, 1.82) is 0 Å². The maximum Gasteiger partial charge on any atom is 0.253 e. The normalized spacial score (nSPS) is 27.3. The lowest BCUT2D eigenvalue weighted by Crippen LogP contribution is -2.73. The van der Waals surface area contributed by atoms with Gasteiger partial charge in [-0.15, -0.1) is 0 Å². The number of phenolic OH excluding ortho intramolecular Hbond substituents is 1. The van der Waals surface area contributed by atoms with Crippen molar-refractivity contribution in [3.63, 3.8) is 0 Å². The van der Waals surface area contributed by atoms with Gasteiger partial charge in [-0.3, -0.25) is 24.1 Å². The third kappa shape index (κ3) is 6.60. The number of ketones is 2. The molecule has 0 aromatic heterocycles. The van der Waals surface area contributed by atoms with Crippen LogP contribution in [-0.2, 0) is 25.6 Å². The van der Waals surface area contributed by atoms with Gasteiger partial charge in [0.05, 0.1) is 12.1 Å². The average molecular weight is 651 g/mol. The summed E-state index contributed by atoms with van der Waals surface area (Å²) < 4.78 is 0. The summed E-state index contributed by atoms with van der Waals surface area (Å²) in [5.41, 5.74) is 11.5. The highest BCUT2D eigenvalue weighted by Crippen LogP contribution is 2.58. The van der Waals surface area contributed by atoms with Crippen LogP contribution in [0.1, 0.15) is 51.0 Å². The second-order valence-corrected chi connectivity index (χ2v) is 14.6. The number of aromatic hydroxyl groups is 1. The Hall–Kier alpha value is -3.25. The molecule has 0 heterocycles. The van der Waals surface area contributed by atoms with Gasteiger partial charge < -0.3 is 27.0 Å². The number of aliphatic hydroxyl groups is 1. The molecule has 6 atom stereocenters. The number of nitrogens with zero attached hydrogens (tertiary/aromatic N) is 1. The predicted molar refractivity (Wildman–Crippen MR) is 178 cm³/mol. The number of carbonyl (C=O) groups is 4. The van der Waals surface area contributed by atoms with E-state index < -0.39 is 59.1 Å². The Bertz CT molecular complexity index is 1420. The Morgan fingerprint density at radius 2 is 1.67 bits per heavy atom. The van der Waals surface area contributed by atoms with E-state index in [2.05, 4.69) is 5.32 Å². The largest absolute Gasteiger partial charge is 0.508 e. The Morgan fingerprint density at radius 3 is 2.24 bits per heavy atom. The number of anilines is 1. The maximum absolute atomic E-state index is 15.2. The van der Waals surface area contributed by atoms with Crippen LogP contribution in [0.25, 0.3) is 0 Å². The molecule has 2 amide bonds. The van der Waals surface area contributed by atoms with Gasteiger partial charge in [0, 0.05) is 17.1 Å². The van der Waals surface area contributed by atoms with Gasteiger partial charge in [-0.1, -0.05) is 30.3 Å². The van der Waals surface area contributed by atoms with E-state index in [4.69, 9.17) is 11.5 Å². The van der Waals surface area contributed by atoms with E-state index >= 15 is 9.59 Å². The number of phenols is 1. The molecule has 4 aliphatic rings. The number of para-hydroxylation sites is 1. The zero-order chi connectivity index (χ0) is 33.2. The number of carbonyl (C=O) groups excluding carboxylic acids is 4. The molecule has 4 saturated carbocycles. The van der Waals surface area contributed by atoms with Crippen molar-refractivity contribution in [2.24, 2.45) is 35.1 Å². The van der Waals surface area contributed by atoms with Crippen molar-refractivity contribution in [1.82, 2.24) is 5.32 Å². The standard InChI is InChI=1S/C35H46N4O6S/c1-34(39(29(42)20-40)25-6-4-3-5-7-25,32(44)30-24-15-22-14-23(16-24)19-35(30,37)18-22)31(43)28(12-13-46-2)38-33(45)27(36)17-21-8-10-26(41)11-9-21/h3-11,22-24,27-28,30,40-41H,12-20,36-37H2,1-2H3,(H,38,45)/t22?,23?,24?,27-,28+,30?,34+,35?/m0/s1. The van der Waals surface area contributed by atoms with Crippen molar-refractivity contribution < 1.29 is 29.4 Å². The predicted octanol–water partition coefficient (Wildman–Crippen LogP) is 2.58. The number of amides is 2. The fraction of sp³-hybridized carbons (Fsp3) is 0.543. The van der Waals surface area contributed by atoms with Crippen LogP contribution in [-0.4, -0.2) is 75.4 Å². The monoisotopic (exact) mass is 650 g/mol. The summed E-state index contributed by atoms with van der Waals surface area (Å²) in [5.74, 6) is -1.64. The summed E-state index contributed by atoms with van der Waals surface area (Å²) in [5, 5.41) is 22.6. The number of rotatable bonds is 14. The topological polar surface area (TPSA) is 176 Å². The minimum absolute atomic E-state index is 0.00398. The van der Waals surface area contributed by atoms with E-state index in [9.17, 15) is 19.8 Å². The summed E-state index contributed by atoms with van der Waals surface area (Å²) in [6.45, 7) is 0.539.